The van der Waals surface area contributed by atoms with Crippen LogP contribution in [0.4, 0.5) is 0 Å². The van der Waals surface area contributed by atoms with Gasteiger partial charge in [0.1, 0.15) is 16.0 Å². The van der Waals surface area contributed by atoms with Gasteiger partial charge in [0.2, 0.25) is 0 Å². The van der Waals surface area contributed by atoms with Crippen LogP contribution >= 0.6 is 31.9 Å². The van der Waals surface area contributed by atoms with E-state index in [2.05, 4.69) is 37.0 Å². The topological polar surface area (TPSA) is 90.2 Å². The van der Waals surface area contributed by atoms with Crippen molar-refractivity contribution < 1.29 is 19.8 Å². The Morgan fingerprint density at radius 2 is 1.60 bits per heavy atom. The number of phenols is 2. The summed E-state index contributed by atoms with van der Waals surface area (Å²) < 4.78 is 0.465. The molecule has 3 aliphatic carbocycles. The summed E-state index contributed by atoms with van der Waals surface area (Å²) in [5, 5.41) is 24.8. The van der Waals surface area contributed by atoms with E-state index in [0.717, 1.165) is 17.9 Å². The molecular formula is C17H14Br2N2O4. The maximum absolute atomic E-state index is 12.7. The largest absolute Gasteiger partial charge is 0.506 e. The van der Waals surface area contributed by atoms with E-state index < -0.39 is 0 Å². The molecule has 1 saturated heterocycles. The Hall–Kier alpha value is -1.67. The first kappa shape index (κ1) is 16.8. The summed E-state index contributed by atoms with van der Waals surface area (Å²) in [6, 6.07) is 1.46. The average Bonchev–Trinajstić information content (AvgIpc) is 2.89. The lowest BCUT2D eigenvalue weighted by atomic mass is 9.63. The van der Waals surface area contributed by atoms with Gasteiger partial charge in [-0.3, -0.25) is 9.59 Å². The summed E-state index contributed by atoms with van der Waals surface area (Å²) in [4.78, 5) is 25.3. The van der Waals surface area contributed by atoms with Crippen molar-refractivity contribution in [2.24, 2.45) is 28.8 Å². The van der Waals surface area contributed by atoms with Gasteiger partial charge in [-0.05, 0) is 62.6 Å². The molecule has 130 valence electrons. The molecule has 1 aromatic carbocycles. The fraction of sp³-hybridized carbons (Fsp3) is 0.353. The molecular weight excluding hydrogens is 456 g/mol. The molecule has 5 rings (SSSR count). The SMILES string of the molecule is O=C1[C@@H]2[C@@H](C(=O)N1/N=C\c1cc(Br)c(O)c(Br)c1O)[C@H]1C=C[C@H]2CC1. The predicted octanol–water partition coefficient (Wildman–Crippen LogP) is 3.15. The van der Waals surface area contributed by atoms with Gasteiger partial charge in [0, 0.05) is 5.56 Å². The van der Waals surface area contributed by atoms with Crippen LogP contribution in [0.25, 0.3) is 0 Å². The minimum atomic E-state index is -0.319. The summed E-state index contributed by atoms with van der Waals surface area (Å²) in [7, 11) is 0. The van der Waals surface area contributed by atoms with E-state index in [1.165, 1.54) is 12.3 Å². The Bertz CT molecular complexity index is 820. The van der Waals surface area contributed by atoms with Crippen LogP contribution in [0.1, 0.15) is 18.4 Å². The van der Waals surface area contributed by atoms with Gasteiger partial charge >= 0.3 is 0 Å². The third-order valence-corrected chi connectivity index (χ3v) is 6.60. The number of hydrogen-bond donors (Lipinski definition) is 2. The van der Waals surface area contributed by atoms with Gasteiger partial charge in [-0.25, -0.2) is 0 Å². The van der Waals surface area contributed by atoms with E-state index in [9.17, 15) is 19.8 Å². The number of carbonyl (C=O) groups excluding carboxylic acids is 2. The maximum atomic E-state index is 12.7. The lowest BCUT2D eigenvalue weighted by Crippen LogP contribution is -2.38. The highest BCUT2D eigenvalue weighted by Gasteiger charge is 2.56. The minimum absolute atomic E-state index is 0.108. The Morgan fingerprint density at radius 1 is 1.04 bits per heavy atom. The Balaban J connectivity index is 1.65. The standard InChI is InChI=1S/C17H14Br2N2O4/c18-10-5-9(14(22)13(19)15(10)23)6-20-21-16(24)11-7-1-2-8(4-3-7)12(11)17(21)25/h1-2,5-8,11-12,22-23H,3-4H2/b20-6-/t7-,8-,11-,12-/m0/s1. The van der Waals surface area contributed by atoms with Crippen molar-refractivity contribution in [1.29, 1.82) is 0 Å². The first-order valence-corrected chi connectivity index (χ1v) is 9.48. The molecule has 0 unspecified atom stereocenters. The molecule has 1 aromatic rings. The van der Waals surface area contributed by atoms with Crippen LogP contribution in [0.3, 0.4) is 0 Å². The smallest absolute Gasteiger partial charge is 0.254 e. The van der Waals surface area contributed by atoms with E-state index in [0.29, 0.717) is 4.47 Å². The number of benzene rings is 1. The second kappa shape index (κ2) is 5.95. The van der Waals surface area contributed by atoms with Crippen LogP contribution in [0.5, 0.6) is 11.5 Å². The molecule has 0 aromatic heterocycles. The third-order valence-electron chi connectivity index (χ3n) is 5.25. The van der Waals surface area contributed by atoms with Gasteiger partial charge in [0.25, 0.3) is 11.8 Å². The van der Waals surface area contributed by atoms with Gasteiger partial charge in [0.05, 0.1) is 22.5 Å². The zero-order chi connectivity index (χ0) is 17.9. The molecule has 1 heterocycles. The summed E-state index contributed by atoms with van der Waals surface area (Å²) in [6.45, 7) is 0. The molecule has 25 heavy (non-hydrogen) atoms. The van der Waals surface area contributed by atoms with Crippen molar-refractivity contribution in [3.05, 3.63) is 32.7 Å². The van der Waals surface area contributed by atoms with E-state index >= 15 is 0 Å². The second-order valence-corrected chi connectivity index (χ2v) is 8.18. The van der Waals surface area contributed by atoms with Gasteiger partial charge in [-0.15, -0.1) is 0 Å². The number of hydrogen-bond acceptors (Lipinski definition) is 5. The molecule has 4 aliphatic rings. The highest BCUT2D eigenvalue weighted by atomic mass is 79.9. The molecule has 4 atom stereocenters. The molecule has 0 radical (unpaired) electrons. The summed E-state index contributed by atoms with van der Waals surface area (Å²) in [5.41, 5.74) is 0.271. The number of amides is 2. The first-order chi connectivity index (χ1) is 11.9. The quantitative estimate of drug-likeness (QED) is 0.395. The van der Waals surface area contributed by atoms with Gasteiger partial charge in [0.15, 0.2) is 0 Å². The summed E-state index contributed by atoms with van der Waals surface area (Å²) in [5.74, 6) is -1.34. The van der Waals surface area contributed by atoms with Gasteiger partial charge in [-0.2, -0.15) is 10.1 Å². The average molecular weight is 470 g/mol. The summed E-state index contributed by atoms with van der Waals surface area (Å²) in [6.07, 6.45) is 7.21. The minimum Gasteiger partial charge on any atom is -0.506 e. The zero-order valence-electron chi connectivity index (χ0n) is 12.9. The molecule has 6 nitrogen and oxygen atoms in total. The predicted molar refractivity (Wildman–Crippen MR) is 97.0 cm³/mol. The van der Waals surface area contributed by atoms with E-state index in [4.69, 9.17) is 0 Å². The number of carbonyl (C=O) groups is 2. The lowest BCUT2D eigenvalue weighted by Gasteiger charge is -2.37. The number of aromatic hydroxyl groups is 2. The second-order valence-electron chi connectivity index (χ2n) is 6.53. The van der Waals surface area contributed by atoms with Crippen molar-refractivity contribution >= 4 is 49.9 Å². The molecule has 2 N–H and O–H groups in total. The Kier molecular flexibility index (Phi) is 3.99. The zero-order valence-corrected chi connectivity index (χ0v) is 16.1. The number of rotatable bonds is 2. The number of imide groups is 1. The fourth-order valence-electron chi connectivity index (χ4n) is 4.01. The van der Waals surface area contributed by atoms with Gasteiger partial charge in [-0.1, -0.05) is 12.2 Å². The fourth-order valence-corrected chi connectivity index (χ4v) is 5.16. The number of phenolic OH excluding ortho intramolecular Hbond substituents is 2. The normalized spacial score (nSPS) is 30.6. The van der Waals surface area contributed by atoms with Crippen LogP contribution in [0.15, 0.2) is 32.3 Å². The molecule has 2 bridgehead atoms. The highest BCUT2D eigenvalue weighted by Crippen LogP contribution is 2.49. The van der Waals surface area contributed by atoms with E-state index in [-0.39, 0.29) is 57.0 Å². The monoisotopic (exact) mass is 468 g/mol. The van der Waals surface area contributed by atoms with Crippen LogP contribution in [0, 0.1) is 23.7 Å². The van der Waals surface area contributed by atoms with Crippen LogP contribution in [0.2, 0.25) is 0 Å². The third kappa shape index (κ3) is 2.45. The highest BCUT2D eigenvalue weighted by molar-refractivity contribution is 9.11. The number of allylic oxidation sites excluding steroid dienone is 2. The Labute approximate surface area is 160 Å². The number of halogens is 2. The number of fused-ring (bicyclic) bond motifs is 1. The van der Waals surface area contributed by atoms with Crippen LogP contribution in [-0.4, -0.2) is 33.3 Å². The van der Waals surface area contributed by atoms with Gasteiger partial charge < -0.3 is 10.2 Å². The van der Waals surface area contributed by atoms with Crippen LogP contribution in [-0.2, 0) is 9.59 Å². The van der Waals surface area contributed by atoms with Crippen molar-refractivity contribution in [3.63, 3.8) is 0 Å². The van der Waals surface area contributed by atoms with Crippen molar-refractivity contribution in [2.45, 2.75) is 12.8 Å². The molecule has 2 amide bonds. The van der Waals surface area contributed by atoms with E-state index in [1.54, 1.807) is 0 Å². The van der Waals surface area contributed by atoms with E-state index in [1.807, 2.05) is 12.2 Å². The lowest BCUT2D eigenvalue weighted by molar-refractivity contribution is -0.140. The molecule has 2 fully saturated rings. The van der Waals surface area contributed by atoms with Crippen molar-refractivity contribution in [1.82, 2.24) is 5.01 Å². The molecule has 0 spiro atoms. The van der Waals surface area contributed by atoms with Crippen molar-refractivity contribution in [3.8, 4) is 11.5 Å². The Morgan fingerprint density at radius 3 is 2.12 bits per heavy atom. The van der Waals surface area contributed by atoms with Crippen molar-refractivity contribution in [2.75, 3.05) is 0 Å². The molecule has 8 heteroatoms. The summed E-state index contributed by atoms with van der Waals surface area (Å²) >= 11 is 6.26. The number of hydrazone groups is 1. The van der Waals surface area contributed by atoms with Crippen LogP contribution < -0.4 is 0 Å². The number of nitrogens with zero attached hydrogens (tertiary/aromatic N) is 2. The maximum Gasteiger partial charge on any atom is 0.254 e. The molecule has 1 aliphatic heterocycles. The molecule has 1 saturated carbocycles. The first-order valence-electron chi connectivity index (χ1n) is 7.90.